The Labute approximate surface area is 148 Å². The molecule has 0 aromatic rings. The summed E-state index contributed by atoms with van der Waals surface area (Å²) in [5.74, 6) is -3.34. The van der Waals surface area contributed by atoms with Gasteiger partial charge in [0.05, 0.1) is 0 Å². The molecule has 0 saturated carbocycles. The smallest absolute Gasteiger partial charge is 0.356 e. The molecule has 0 aromatic heterocycles. The molecular formula is C10H6F15NO3. The van der Waals surface area contributed by atoms with Gasteiger partial charge in [-0.3, -0.25) is 14.3 Å². The summed E-state index contributed by atoms with van der Waals surface area (Å²) in [6.07, 6.45) is -45.6. The van der Waals surface area contributed by atoms with Crippen molar-refractivity contribution < 1.29 is 80.1 Å². The summed E-state index contributed by atoms with van der Waals surface area (Å²) < 4.78 is 194. The summed E-state index contributed by atoms with van der Waals surface area (Å²) in [6, 6.07) is 0. The third-order valence-corrected chi connectivity index (χ3v) is 2.74. The molecule has 4 nitrogen and oxygen atoms in total. The van der Waals surface area contributed by atoms with Crippen LogP contribution in [-0.4, -0.2) is 61.8 Å². The lowest BCUT2D eigenvalue weighted by Gasteiger charge is -2.37. The number of rotatable bonds is 7. The zero-order chi connectivity index (χ0) is 23.9. The first-order valence-electron chi connectivity index (χ1n) is 6.31. The van der Waals surface area contributed by atoms with Gasteiger partial charge in [-0.05, 0) is 0 Å². The Morgan fingerprint density at radius 3 is 1.38 bits per heavy atom. The van der Waals surface area contributed by atoms with Gasteiger partial charge in [-0.1, -0.05) is 0 Å². The minimum absolute atomic E-state index is 0.0860. The van der Waals surface area contributed by atoms with Crippen molar-refractivity contribution in [2.75, 3.05) is 7.05 Å². The number of hydrogen-bond acceptors (Lipinski definition) is 3. The molecule has 174 valence electrons. The van der Waals surface area contributed by atoms with E-state index >= 15 is 0 Å². The highest BCUT2D eigenvalue weighted by atomic mass is 19.4. The van der Waals surface area contributed by atoms with E-state index in [9.17, 15) is 70.7 Å². The zero-order valence-corrected chi connectivity index (χ0v) is 13.0. The molecule has 0 spiro atoms. The number of ether oxygens (including phenoxy) is 2. The first-order chi connectivity index (χ1) is 12.4. The average molecular weight is 473 g/mol. The molecule has 0 saturated heterocycles. The van der Waals surface area contributed by atoms with Gasteiger partial charge in [0.25, 0.3) is 12.3 Å². The van der Waals surface area contributed by atoms with Gasteiger partial charge in [-0.2, -0.15) is 57.1 Å². The van der Waals surface area contributed by atoms with Crippen LogP contribution in [0.3, 0.4) is 0 Å². The van der Waals surface area contributed by atoms with E-state index in [0.29, 0.717) is 5.32 Å². The Balaban J connectivity index is 6.28. The van der Waals surface area contributed by atoms with Crippen molar-refractivity contribution in [3.8, 4) is 0 Å². The lowest BCUT2D eigenvalue weighted by Crippen LogP contribution is -2.67. The number of halogens is 15. The topological polar surface area (TPSA) is 47.6 Å². The number of carbonyl (C=O) groups excluding carboxylic acids is 1. The molecule has 3 unspecified atom stereocenters. The van der Waals surface area contributed by atoms with Crippen LogP contribution in [0, 0.1) is 0 Å². The summed E-state index contributed by atoms with van der Waals surface area (Å²) in [5.41, 5.74) is -6.49. The second-order valence-electron chi connectivity index (χ2n) is 4.84. The molecule has 0 heterocycles. The van der Waals surface area contributed by atoms with Crippen molar-refractivity contribution in [2.24, 2.45) is 0 Å². The van der Waals surface area contributed by atoms with Crippen LogP contribution >= 0.6 is 0 Å². The van der Waals surface area contributed by atoms with Gasteiger partial charge in [0.15, 0.2) is 0 Å². The molecule has 0 aliphatic rings. The maximum atomic E-state index is 14.0. The molecule has 1 amide bonds. The van der Waals surface area contributed by atoms with Gasteiger partial charge in [-0.15, -0.1) is 0 Å². The van der Waals surface area contributed by atoms with Crippen LogP contribution in [0.1, 0.15) is 0 Å². The summed E-state index contributed by atoms with van der Waals surface area (Å²) >= 11 is 0. The Kier molecular flexibility index (Phi) is 7.43. The molecule has 1 N–H and O–H groups in total. The van der Waals surface area contributed by atoms with E-state index in [1.165, 1.54) is 0 Å². The molecule has 29 heavy (non-hydrogen) atoms. The van der Waals surface area contributed by atoms with Crippen LogP contribution in [-0.2, 0) is 14.3 Å². The normalized spacial score (nSPS) is 18.8. The van der Waals surface area contributed by atoms with E-state index in [2.05, 4.69) is 4.74 Å². The van der Waals surface area contributed by atoms with Crippen LogP contribution in [0.4, 0.5) is 65.9 Å². The third-order valence-electron chi connectivity index (χ3n) is 2.74. The van der Waals surface area contributed by atoms with E-state index in [1.54, 1.807) is 0 Å². The van der Waals surface area contributed by atoms with Gasteiger partial charge in [0.2, 0.25) is 6.10 Å². The van der Waals surface area contributed by atoms with Crippen LogP contribution in [0.25, 0.3) is 0 Å². The molecular weight excluding hydrogens is 467 g/mol. The minimum Gasteiger partial charge on any atom is -0.356 e. The summed E-state index contributed by atoms with van der Waals surface area (Å²) in [7, 11) is 0.0860. The van der Waals surface area contributed by atoms with Crippen molar-refractivity contribution in [1.29, 1.82) is 0 Å². The molecule has 19 heteroatoms. The van der Waals surface area contributed by atoms with Crippen LogP contribution in [0.5, 0.6) is 0 Å². The van der Waals surface area contributed by atoms with Gasteiger partial charge >= 0.3 is 36.4 Å². The molecule has 0 aliphatic heterocycles. The highest BCUT2D eigenvalue weighted by molar-refractivity contribution is 5.86. The quantitative estimate of drug-likeness (QED) is 0.569. The fraction of sp³-hybridized carbons (Fsp3) is 0.900. The van der Waals surface area contributed by atoms with Crippen molar-refractivity contribution in [2.45, 2.75) is 48.9 Å². The van der Waals surface area contributed by atoms with E-state index in [4.69, 9.17) is 0 Å². The number of hydrogen-bond donors (Lipinski definition) is 1. The van der Waals surface area contributed by atoms with Gasteiger partial charge in [0.1, 0.15) is 0 Å². The maximum Gasteiger partial charge on any atom is 0.451 e. The highest BCUT2D eigenvalue weighted by Gasteiger charge is 2.77. The monoisotopic (exact) mass is 473 g/mol. The number of amides is 1. The molecule has 0 bridgehead atoms. The van der Waals surface area contributed by atoms with Crippen molar-refractivity contribution in [3.05, 3.63) is 0 Å². The fourth-order valence-electron chi connectivity index (χ4n) is 1.43. The zero-order valence-electron chi connectivity index (χ0n) is 13.0. The van der Waals surface area contributed by atoms with E-state index < -0.39 is 54.8 Å². The Bertz CT molecular complexity index is 582. The van der Waals surface area contributed by atoms with Gasteiger partial charge in [0, 0.05) is 7.05 Å². The predicted octanol–water partition coefficient (Wildman–Crippen LogP) is 4.01. The molecule has 0 fully saturated rings. The van der Waals surface area contributed by atoms with Crippen LogP contribution in [0.15, 0.2) is 0 Å². The fourth-order valence-corrected chi connectivity index (χ4v) is 1.43. The predicted molar refractivity (Wildman–Crippen MR) is 56.8 cm³/mol. The minimum atomic E-state index is -7.15. The Morgan fingerprint density at radius 1 is 0.724 bits per heavy atom. The molecule has 0 radical (unpaired) electrons. The highest BCUT2D eigenvalue weighted by Crippen LogP contribution is 2.49. The Morgan fingerprint density at radius 2 is 1.10 bits per heavy atom. The second-order valence-corrected chi connectivity index (χ2v) is 4.84. The summed E-state index contributed by atoms with van der Waals surface area (Å²) in [5, 5.41) is 0.655. The van der Waals surface area contributed by atoms with Crippen molar-refractivity contribution in [3.63, 3.8) is 0 Å². The maximum absolute atomic E-state index is 14.0. The van der Waals surface area contributed by atoms with Crippen LogP contribution < -0.4 is 5.32 Å². The lowest BCUT2D eigenvalue weighted by molar-refractivity contribution is -0.488. The second kappa shape index (κ2) is 7.88. The largest absolute Gasteiger partial charge is 0.451 e. The molecule has 0 aromatic carbocycles. The first kappa shape index (κ1) is 27.3. The third kappa shape index (κ3) is 5.70. The number of nitrogens with one attached hydrogen (secondary N) is 1. The summed E-state index contributed by atoms with van der Waals surface area (Å²) in [6.45, 7) is 0. The van der Waals surface area contributed by atoms with Crippen molar-refractivity contribution in [1.82, 2.24) is 5.32 Å². The molecule has 0 rings (SSSR count). The molecule has 3 atom stereocenters. The average Bonchev–Trinajstić information content (AvgIpc) is 2.47. The van der Waals surface area contributed by atoms with E-state index in [-0.39, 0.29) is 7.05 Å². The SMILES string of the molecule is CNC(=O)C(F)(C(OC(F)(F)C(F)(F)OC(F)C(F)(F)F)C(F)(F)F)C(F)(F)F. The standard InChI is InChI=1S/C10H6F15NO3/c1-26-4(27)5(12,8(19,20)21)2(6(13,14)15)28-9(22,23)10(24,25)29-3(11)7(16,17)18/h2-3H,1H3,(H,26,27). The lowest BCUT2D eigenvalue weighted by atomic mass is 9.95. The first-order valence-corrected chi connectivity index (χ1v) is 6.31. The van der Waals surface area contributed by atoms with Crippen LogP contribution in [0.2, 0.25) is 0 Å². The van der Waals surface area contributed by atoms with E-state index in [0.717, 1.165) is 0 Å². The van der Waals surface area contributed by atoms with Gasteiger partial charge < -0.3 is 5.32 Å². The Hall–Kier alpha value is -1.66. The van der Waals surface area contributed by atoms with Gasteiger partial charge in [-0.25, -0.2) is 8.78 Å². The number of carbonyl (C=O) groups is 1. The summed E-state index contributed by atoms with van der Waals surface area (Å²) in [4.78, 5) is 11.0. The van der Waals surface area contributed by atoms with Crippen molar-refractivity contribution >= 4 is 5.91 Å². The molecule has 0 aliphatic carbocycles. The number of alkyl halides is 15. The van der Waals surface area contributed by atoms with E-state index in [1.807, 2.05) is 4.74 Å².